The van der Waals surface area contributed by atoms with Crippen LogP contribution >= 0.6 is 0 Å². The first-order valence-electron chi connectivity index (χ1n) is 5.18. The van der Waals surface area contributed by atoms with Crippen molar-refractivity contribution >= 4 is 0 Å². The van der Waals surface area contributed by atoms with Gasteiger partial charge < -0.3 is 5.73 Å². The first-order valence-corrected chi connectivity index (χ1v) is 5.18. The molecule has 1 saturated carbocycles. The summed E-state index contributed by atoms with van der Waals surface area (Å²) in [6, 6.07) is 5.17. The highest BCUT2D eigenvalue weighted by molar-refractivity contribution is 5.26. The highest BCUT2D eigenvalue weighted by Gasteiger charge is 2.25. The van der Waals surface area contributed by atoms with Crippen LogP contribution in [0.15, 0.2) is 18.2 Å². The fourth-order valence-corrected chi connectivity index (χ4v) is 1.77. The van der Waals surface area contributed by atoms with Gasteiger partial charge >= 0.3 is 0 Å². The second-order valence-electron chi connectivity index (χ2n) is 4.31. The lowest BCUT2D eigenvalue weighted by Gasteiger charge is -2.12. The van der Waals surface area contributed by atoms with Crippen LogP contribution in [0.1, 0.15) is 36.4 Å². The molecule has 0 amide bonds. The van der Waals surface area contributed by atoms with Crippen molar-refractivity contribution in [2.75, 3.05) is 0 Å². The van der Waals surface area contributed by atoms with Crippen LogP contribution in [0.25, 0.3) is 0 Å². The maximum atomic E-state index is 13.5. The van der Waals surface area contributed by atoms with Gasteiger partial charge in [-0.2, -0.15) is 0 Å². The van der Waals surface area contributed by atoms with Crippen molar-refractivity contribution in [1.82, 2.24) is 0 Å². The molecule has 1 aromatic carbocycles. The molecule has 1 aliphatic rings. The van der Waals surface area contributed by atoms with Crippen LogP contribution in [0.3, 0.4) is 0 Å². The van der Waals surface area contributed by atoms with E-state index in [1.54, 1.807) is 6.07 Å². The molecule has 1 aliphatic carbocycles. The first-order chi connectivity index (χ1) is 6.66. The van der Waals surface area contributed by atoms with Crippen molar-refractivity contribution in [3.63, 3.8) is 0 Å². The molecule has 0 radical (unpaired) electrons. The van der Waals surface area contributed by atoms with Crippen LogP contribution < -0.4 is 5.73 Å². The Labute approximate surface area is 84.1 Å². The zero-order chi connectivity index (χ0) is 10.1. The van der Waals surface area contributed by atoms with Crippen LogP contribution in [-0.4, -0.2) is 0 Å². The van der Waals surface area contributed by atoms with Crippen LogP contribution in [-0.2, 0) is 0 Å². The van der Waals surface area contributed by atoms with Gasteiger partial charge in [-0.25, -0.2) is 4.39 Å². The summed E-state index contributed by atoms with van der Waals surface area (Å²) in [5, 5.41) is 0. The Balaban J connectivity index is 2.13. The van der Waals surface area contributed by atoms with Crippen molar-refractivity contribution in [2.45, 2.75) is 32.2 Å². The molecule has 76 valence electrons. The van der Waals surface area contributed by atoms with E-state index in [4.69, 9.17) is 5.73 Å². The Hall–Kier alpha value is -0.890. The average molecular weight is 193 g/mol. The maximum absolute atomic E-state index is 13.5. The summed E-state index contributed by atoms with van der Waals surface area (Å²) in [4.78, 5) is 0. The molecule has 0 aromatic heterocycles. The third kappa shape index (κ3) is 2.13. The van der Waals surface area contributed by atoms with Gasteiger partial charge in [-0.3, -0.25) is 0 Å². The van der Waals surface area contributed by atoms with Crippen molar-refractivity contribution in [3.05, 3.63) is 35.1 Å². The lowest BCUT2D eigenvalue weighted by atomic mass is 10.0. The molecule has 0 bridgehead atoms. The minimum Gasteiger partial charge on any atom is -0.324 e. The Morgan fingerprint density at radius 3 is 2.79 bits per heavy atom. The molecule has 1 fully saturated rings. The average Bonchev–Trinajstić information content (AvgIpc) is 2.87. The molecule has 2 N–H and O–H groups in total. The van der Waals surface area contributed by atoms with E-state index in [0.717, 1.165) is 17.9 Å². The Kier molecular flexibility index (Phi) is 2.55. The summed E-state index contributed by atoms with van der Waals surface area (Å²) < 4.78 is 13.5. The molecular formula is C12H16FN. The fraction of sp³-hybridized carbons (Fsp3) is 0.500. The van der Waals surface area contributed by atoms with Crippen LogP contribution in [0, 0.1) is 18.7 Å². The molecule has 1 aromatic rings. The third-order valence-electron chi connectivity index (χ3n) is 2.84. The largest absolute Gasteiger partial charge is 0.324 e. The molecule has 0 spiro atoms. The topological polar surface area (TPSA) is 26.0 Å². The van der Waals surface area contributed by atoms with Crippen molar-refractivity contribution < 1.29 is 4.39 Å². The SMILES string of the molecule is Cc1ccc(C(N)CC2CC2)c(F)c1. The molecule has 0 heterocycles. The van der Waals surface area contributed by atoms with Crippen molar-refractivity contribution in [2.24, 2.45) is 11.7 Å². The molecule has 2 rings (SSSR count). The van der Waals surface area contributed by atoms with Crippen LogP contribution in [0.4, 0.5) is 4.39 Å². The van der Waals surface area contributed by atoms with Crippen molar-refractivity contribution in [1.29, 1.82) is 0 Å². The highest BCUT2D eigenvalue weighted by atomic mass is 19.1. The Morgan fingerprint density at radius 2 is 2.21 bits per heavy atom. The van der Waals surface area contributed by atoms with E-state index >= 15 is 0 Å². The van der Waals surface area contributed by atoms with Gasteiger partial charge in [0.1, 0.15) is 5.82 Å². The second-order valence-corrected chi connectivity index (χ2v) is 4.31. The van der Waals surface area contributed by atoms with E-state index in [1.807, 2.05) is 19.1 Å². The molecular weight excluding hydrogens is 177 g/mol. The monoisotopic (exact) mass is 193 g/mol. The summed E-state index contributed by atoms with van der Waals surface area (Å²) in [5.41, 5.74) is 7.56. The zero-order valence-electron chi connectivity index (χ0n) is 8.46. The number of hydrogen-bond donors (Lipinski definition) is 1. The van der Waals surface area contributed by atoms with E-state index < -0.39 is 0 Å². The Bertz CT molecular complexity index is 331. The van der Waals surface area contributed by atoms with Gasteiger partial charge in [0.05, 0.1) is 0 Å². The number of nitrogens with two attached hydrogens (primary N) is 1. The molecule has 1 unspecified atom stereocenters. The minimum atomic E-state index is -0.154. The second kappa shape index (κ2) is 3.70. The third-order valence-corrected chi connectivity index (χ3v) is 2.84. The van der Waals surface area contributed by atoms with Gasteiger partial charge in [0.25, 0.3) is 0 Å². The lowest BCUT2D eigenvalue weighted by Crippen LogP contribution is -2.12. The quantitative estimate of drug-likeness (QED) is 0.784. The smallest absolute Gasteiger partial charge is 0.128 e. The summed E-state index contributed by atoms with van der Waals surface area (Å²) in [6.07, 6.45) is 3.46. The number of hydrogen-bond acceptors (Lipinski definition) is 1. The highest BCUT2D eigenvalue weighted by Crippen LogP contribution is 2.37. The summed E-state index contributed by atoms with van der Waals surface area (Å²) in [5.74, 6) is 0.587. The Morgan fingerprint density at radius 1 is 1.50 bits per heavy atom. The van der Waals surface area contributed by atoms with Gasteiger partial charge in [-0.15, -0.1) is 0 Å². The van der Waals surface area contributed by atoms with Gasteiger partial charge in [0.2, 0.25) is 0 Å². The number of benzene rings is 1. The predicted octanol–water partition coefficient (Wildman–Crippen LogP) is 2.93. The fourth-order valence-electron chi connectivity index (χ4n) is 1.77. The van der Waals surface area contributed by atoms with E-state index in [2.05, 4.69) is 0 Å². The van der Waals surface area contributed by atoms with E-state index in [-0.39, 0.29) is 11.9 Å². The summed E-state index contributed by atoms with van der Waals surface area (Å²) >= 11 is 0. The zero-order valence-corrected chi connectivity index (χ0v) is 8.46. The van der Waals surface area contributed by atoms with E-state index in [0.29, 0.717) is 5.56 Å². The van der Waals surface area contributed by atoms with E-state index in [9.17, 15) is 4.39 Å². The molecule has 1 nitrogen and oxygen atoms in total. The molecule has 2 heteroatoms. The van der Waals surface area contributed by atoms with Gasteiger partial charge in [-0.05, 0) is 30.9 Å². The van der Waals surface area contributed by atoms with Crippen LogP contribution in [0.2, 0.25) is 0 Å². The lowest BCUT2D eigenvalue weighted by molar-refractivity contribution is 0.542. The maximum Gasteiger partial charge on any atom is 0.128 e. The normalized spacial score (nSPS) is 18.2. The van der Waals surface area contributed by atoms with Gasteiger partial charge in [0, 0.05) is 11.6 Å². The van der Waals surface area contributed by atoms with E-state index in [1.165, 1.54) is 12.8 Å². The minimum absolute atomic E-state index is 0.122. The molecule has 0 aliphatic heterocycles. The van der Waals surface area contributed by atoms with Gasteiger partial charge in [0.15, 0.2) is 0 Å². The summed E-state index contributed by atoms with van der Waals surface area (Å²) in [7, 11) is 0. The number of aryl methyl sites for hydroxylation is 1. The molecule has 1 atom stereocenters. The van der Waals surface area contributed by atoms with Crippen molar-refractivity contribution in [3.8, 4) is 0 Å². The molecule has 0 saturated heterocycles. The molecule has 14 heavy (non-hydrogen) atoms. The number of halogens is 1. The summed E-state index contributed by atoms with van der Waals surface area (Å²) in [6.45, 7) is 1.89. The standard InChI is InChI=1S/C12H16FN/c1-8-2-5-10(11(13)6-8)12(14)7-9-3-4-9/h2,5-6,9,12H,3-4,7,14H2,1H3. The predicted molar refractivity (Wildman–Crippen MR) is 55.4 cm³/mol. The van der Waals surface area contributed by atoms with Crippen LogP contribution in [0.5, 0.6) is 0 Å². The number of rotatable bonds is 3. The van der Waals surface area contributed by atoms with Gasteiger partial charge in [-0.1, -0.05) is 25.0 Å². The first kappa shape index (κ1) is 9.66.